The molecule has 0 bridgehead atoms. The van der Waals surface area contributed by atoms with Crippen LogP contribution in [0, 0.1) is 0 Å². The van der Waals surface area contributed by atoms with Crippen molar-refractivity contribution in [1.29, 1.82) is 0 Å². The number of amides is 1. The molecule has 0 aliphatic heterocycles. The highest BCUT2D eigenvalue weighted by molar-refractivity contribution is 7.99. The summed E-state index contributed by atoms with van der Waals surface area (Å²) >= 11 is 1.33. The predicted octanol–water partition coefficient (Wildman–Crippen LogP) is 4.95. The number of benzene rings is 3. The van der Waals surface area contributed by atoms with Crippen LogP contribution in [0.1, 0.15) is 26.3 Å². The SMILES string of the molecule is CC(C)(C)N(Cc1ccccc1)C(=O)CSc1nnc2n(-c3ccccc3)c(=O)c3ccccc3n12. The van der Waals surface area contributed by atoms with Gasteiger partial charge in [0.1, 0.15) is 0 Å². The molecule has 0 N–H and O–H groups in total. The van der Waals surface area contributed by atoms with E-state index in [0.717, 1.165) is 5.56 Å². The van der Waals surface area contributed by atoms with Crippen LogP contribution in [-0.4, -0.2) is 41.3 Å². The van der Waals surface area contributed by atoms with Gasteiger partial charge in [-0.05, 0) is 50.6 Å². The summed E-state index contributed by atoms with van der Waals surface area (Å²) in [5.41, 5.74) is 1.99. The van der Waals surface area contributed by atoms with E-state index in [1.165, 1.54) is 11.8 Å². The molecule has 2 aromatic heterocycles. The number of hydrogen-bond donors (Lipinski definition) is 0. The number of fused-ring (bicyclic) bond motifs is 3. The lowest BCUT2D eigenvalue weighted by Crippen LogP contribution is -2.45. The van der Waals surface area contributed by atoms with Crippen molar-refractivity contribution in [2.45, 2.75) is 38.0 Å². The molecule has 0 aliphatic rings. The maximum absolute atomic E-state index is 13.4. The Morgan fingerprint density at radius 2 is 1.53 bits per heavy atom. The maximum atomic E-state index is 13.4. The summed E-state index contributed by atoms with van der Waals surface area (Å²) in [4.78, 5) is 28.7. The molecule has 0 saturated carbocycles. The Morgan fingerprint density at radius 1 is 0.889 bits per heavy atom. The first-order chi connectivity index (χ1) is 17.3. The van der Waals surface area contributed by atoms with E-state index >= 15 is 0 Å². The topological polar surface area (TPSA) is 72.5 Å². The molecule has 8 heteroatoms. The molecule has 0 aliphatic carbocycles. The first kappa shape index (κ1) is 23.8. The van der Waals surface area contributed by atoms with Gasteiger partial charge in [0.25, 0.3) is 5.56 Å². The number of carbonyl (C=O) groups excluding carboxylic acids is 1. The molecule has 36 heavy (non-hydrogen) atoms. The van der Waals surface area contributed by atoms with Crippen LogP contribution in [0.3, 0.4) is 0 Å². The van der Waals surface area contributed by atoms with Crippen molar-refractivity contribution in [1.82, 2.24) is 24.1 Å². The second-order valence-electron chi connectivity index (χ2n) is 9.54. The minimum atomic E-state index is -0.346. The van der Waals surface area contributed by atoms with Gasteiger partial charge in [-0.15, -0.1) is 10.2 Å². The average Bonchev–Trinajstić information content (AvgIpc) is 3.30. The second kappa shape index (κ2) is 9.62. The van der Waals surface area contributed by atoms with Gasteiger partial charge in [-0.2, -0.15) is 0 Å². The van der Waals surface area contributed by atoms with Gasteiger partial charge in [-0.3, -0.25) is 14.0 Å². The molecule has 1 amide bonds. The van der Waals surface area contributed by atoms with Crippen LogP contribution in [-0.2, 0) is 11.3 Å². The third-order valence-corrected chi connectivity index (χ3v) is 6.94. The Balaban J connectivity index is 1.52. The van der Waals surface area contributed by atoms with Crippen LogP contribution in [0.5, 0.6) is 0 Å². The second-order valence-corrected chi connectivity index (χ2v) is 10.5. The van der Waals surface area contributed by atoms with E-state index in [1.54, 1.807) is 10.6 Å². The summed E-state index contributed by atoms with van der Waals surface area (Å²) in [5, 5.41) is 9.89. The van der Waals surface area contributed by atoms with Gasteiger partial charge < -0.3 is 4.90 Å². The maximum Gasteiger partial charge on any atom is 0.267 e. The van der Waals surface area contributed by atoms with E-state index in [2.05, 4.69) is 10.2 Å². The van der Waals surface area contributed by atoms with Crippen LogP contribution < -0.4 is 5.56 Å². The van der Waals surface area contributed by atoms with Crippen LogP contribution in [0.2, 0.25) is 0 Å². The van der Waals surface area contributed by atoms with Gasteiger partial charge in [-0.25, -0.2) is 4.57 Å². The molecule has 0 spiro atoms. The number of thioether (sulfide) groups is 1. The largest absolute Gasteiger partial charge is 0.333 e. The average molecular weight is 498 g/mol. The molecule has 5 rings (SSSR count). The Morgan fingerprint density at radius 3 is 2.22 bits per heavy atom. The number of nitrogens with zero attached hydrogens (tertiary/aromatic N) is 5. The Labute approximate surface area is 213 Å². The van der Waals surface area contributed by atoms with E-state index in [1.807, 2.05) is 109 Å². The van der Waals surface area contributed by atoms with E-state index in [4.69, 9.17) is 0 Å². The van der Waals surface area contributed by atoms with E-state index < -0.39 is 0 Å². The summed E-state index contributed by atoms with van der Waals surface area (Å²) in [6.45, 7) is 6.64. The molecule has 0 saturated heterocycles. The van der Waals surface area contributed by atoms with E-state index in [9.17, 15) is 9.59 Å². The van der Waals surface area contributed by atoms with Crippen molar-refractivity contribution in [3.05, 3.63) is 101 Å². The van der Waals surface area contributed by atoms with Crippen molar-refractivity contribution < 1.29 is 4.79 Å². The summed E-state index contributed by atoms with van der Waals surface area (Å²) < 4.78 is 3.43. The number of para-hydroxylation sites is 2. The molecular weight excluding hydrogens is 470 g/mol. The lowest BCUT2D eigenvalue weighted by atomic mass is 10.0. The lowest BCUT2D eigenvalue weighted by molar-refractivity contribution is -0.133. The van der Waals surface area contributed by atoms with Gasteiger partial charge in [0.15, 0.2) is 5.16 Å². The van der Waals surface area contributed by atoms with Crippen LogP contribution in [0.25, 0.3) is 22.4 Å². The van der Waals surface area contributed by atoms with Gasteiger partial charge in [0, 0.05) is 12.1 Å². The molecular formula is C28H27N5O2S. The molecule has 2 heterocycles. The summed E-state index contributed by atoms with van der Waals surface area (Å²) in [6.07, 6.45) is 0. The van der Waals surface area contributed by atoms with Gasteiger partial charge in [0.2, 0.25) is 11.7 Å². The highest BCUT2D eigenvalue weighted by Crippen LogP contribution is 2.25. The zero-order valence-corrected chi connectivity index (χ0v) is 21.3. The molecule has 0 atom stereocenters. The standard InChI is InChI=1S/C28H27N5O2S/c1-28(2,3)31(18-20-12-6-4-7-13-20)24(34)19-36-27-30-29-26-32(21-14-8-5-9-15-21)25(35)22-16-10-11-17-23(22)33(26)27/h4-17H,18-19H2,1-3H3. The van der Waals surface area contributed by atoms with Gasteiger partial charge >= 0.3 is 0 Å². The number of aromatic nitrogens is 4. The Hall–Kier alpha value is -3.91. The van der Waals surface area contributed by atoms with Crippen molar-refractivity contribution in [2.75, 3.05) is 5.75 Å². The summed E-state index contributed by atoms with van der Waals surface area (Å²) in [6, 6.07) is 26.8. The first-order valence-corrected chi connectivity index (χ1v) is 12.7. The summed E-state index contributed by atoms with van der Waals surface area (Å²) in [5.74, 6) is 0.620. The fourth-order valence-electron chi connectivity index (χ4n) is 4.25. The molecule has 182 valence electrons. The van der Waals surface area contributed by atoms with Crippen LogP contribution in [0.15, 0.2) is 94.9 Å². The van der Waals surface area contributed by atoms with E-state index in [-0.39, 0.29) is 22.8 Å². The fraction of sp³-hybridized carbons (Fsp3) is 0.214. The normalized spacial score (nSPS) is 11.8. The first-order valence-electron chi connectivity index (χ1n) is 11.8. The smallest absolute Gasteiger partial charge is 0.267 e. The Kier molecular flexibility index (Phi) is 6.36. The van der Waals surface area contributed by atoms with Crippen molar-refractivity contribution >= 4 is 34.3 Å². The van der Waals surface area contributed by atoms with Crippen molar-refractivity contribution in [2.24, 2.45) is 0 Å². The zero-order valence-electron chi connectivity index (χ0n) is 20.5. The number of rotatable bonds is 6. The van der Waals surface area contributed by atoms with Crippen LogP contribution >= 0.6 is 11.8 Å². The van der Waals surface area contributed by atoms with Crippen LogP contribution in [0.4, 0.5) is 0 Å². The van der Waals surface area contributed by atoms with Gasteiger partial charge in [0.05, 0.1) is 22.3 Å². The summed E-state index contributed by atoms with van der Waals surface area (Å²) in [7, 11) is 0. The monoisotopic (exact) mass is 497 g/mol. The zero-order chi connectivity index (χ0) is 25.3. The minimum Gasteiger partial charge on any atom is -0.333 e. The highest BCUT2D eigenvalue weighted by Gasteiger charge is 2.27. The molecule has 7 nitrogen and oxygen atoms in total. The molecule has 0 radical (unpaired) electrons. The molecule has 0 unspecified atom stereocenters. The molecule has 0 fully saturated rings. The number of hydrogen-bond acceptors (Lipinski definition) is 5. The van der Waals surface area contributed by atoms with Crippen molar-refractivity contribution in [3.63, 3.8) is 0 Å². The fourth-order valence-corrected chi connectivity index (χ4v) is 5.07. The predicted molar refractivity (Wildman–Crippen MR) is 144 cm³/mol. The highest BCUT2D eigenvalue weighted by atomic mass is 32.2. The third-order valence-electron chi connectivity index (χ3n) is 6.03. The van der Waals surface area contributed by atoms with E-state index in [0.29, 0.717) is 34.1 Å². The number of carbonyl (C=O) groups is 1. The molecule has 3 aromatic carbocycles. The Bertz CT molecular complexity index is 1590. The minimum absolute atomic E-state index is 0.00814. The quantitative estimate of drug-likeness (QED) is 0.310. The molecule has 5 aromatic rings. The third kappa shape index (κ3) is 4.52. The van der Waals surface area contributed by atoms with Gasteiger partial charge in [-0.1, -0.05) is 72.4 Å². The van der Waals surface area contributed by atoms with Crippen molar-refractivity contribution in [3.8, 4) is 5.69 Å². The lowest BCUT2D eigenvalue weighted by Gasteiger charge is -2.36.